The monoisotopic (exact) mass is 579 g/mol. The molecule has 1 rings (SSSR count). The Bertz CT molecular complexity index is 1020. The van der Waals surface area contributed by atoms with Gasteiger partial charge >= 0.3 is 12.1 Å². The minimum absolute atomic E-state index is 0.0146. The van der Waals surface area contributed by atoms with Crippen LogP contribution in [0.5, 0.6) is 0 Å². The van der Waals surface area contributed by atoms with Crippen molar-refractivity contribution in [3.05, 3.63) is 34.9 Å². The molecule has 0 spiro atoms. The molecule has 226 valence electrons. The molecule has 0 heterocycles. The van der Waals surface area contributed by atoms with E-state index in [2.05, 4.69) is 10.6 Å². The van der Waals surface area contributed by atoms with Crippen LogP contribution in [-0.2, 0) is 23.9 Å². The third kappa shape index (κ3) is 10.7. The summed E-state index contributed by atoms with van der Waals surface area (Å²) in [7, 11) is 0. The zero-order valence-electron chi connectivity index (χ0n) is 25.9. The normalized spacial score (nSPS) is 13.2. The van der Waals surface area contributed by atoms with Crippen molar-refractivity contribution in [2.45, 2.75) is 105 Å². The summed E-state index contributed by atoms with van der Waals surface area (Å²) < 4.78 is 10.5. The fourth-order valence-corrected chi connectivity index (χ4v) is 4.61. The number of benzene rings is 1. The van der Waals surface area contributed by atoms with Gasteiger partial charge in [0.05, 0.1) is 13.0 Å². The van der Waals surface area contributed by atoms with Crippen LogP contribution in [-0.4, -0.2) is 71.1 Å². The summed E-state index contributed by atoms with van der Waals surface area (Å²) >= 11 is 1.56. The number of alkyl carbamates (subject to hydrolysis) is 1. The summed E-state index contributed by atoms with van der Waals surface area (Å²) in [6.45, 7) is 17.0. The molecule has 1 aromatic carbocycles. The SMILES string of the molecule is CCOC(=O)CCNC(=O)C(c1cccc(C)c1C)N(C(=O)C(CCSC)NC(=O)OC(C)(C)C)C(C)(C)CC. The number of amides is 3. The number of ether oxygens (including phenoxy) is 2. The van der Waals surface area contributed by atoms with Crippen LogP contribution in [0.2, 0.25) is 0 Å². The summed E-state index contributed by atoms with van der Waals surface area (Å²) in [6.07, 6.45) is 2.17. The lowest BCUT2D eigenvalue weighted by atomic mass is 9.89. The van der Waals surface area contributed by atoms with Gasteiger partial charge in [-0.05, 0) is 96.9 Å². The Morgan fingerprint density at radius 1 is 1.05 bits per heavy atom. The molecule has 0 saturated carbocycles. The highest BCUT2D eigenvalue weighted by Gasteiger charge is 2.43. The van der Waals surface area contributed by atoms with Gasteiger partial charge in [-0.3, -0.25) is 14.4 Å². The maximum Gasteiger partial charge on any atom is 0.408 e. The smallest absolute Gasteiger partial charge is 0.408 e. The first-order chi connectivity index (χ1) is 18.6. The van der Waals surface area contributed by atoms with Crippen LogP contribution < -0.4 is 10.6 Å². The average Bonchev–Trinajstić information content (AvgIpc) is 2.85. The zero-order valence-corrected chi connectivity index (χ0v) is 26.8. The molecular weight excluding hydrogens is 530 g/mol. The Balaban J connectivity index is 3.62. The first kappa shape index (κ1) is 35.3. The second-order valence-corrected chi connectivity index (χ2v) is 12.4. The lowest BCUT2D eigenvalue weighted by molar-refractivity contribution is -0.149. The Hall–Kier alpha value is -2.75. The van der Waals surface area contributed by atoms with E-state index in [0.29, 0.717) is 24.2 Å². The predicted molar refractivity (Wildman–Crippen MR) is 160 cm³/mol. The van der Waals surface area contributed by atoms with Crippen LogP contribution in [0.1, 0.15) is 90.5 Å². The van der Waals surface area contributed by atoms with Crippen molar-refractivity contribution in [3.63, 3.8) is 0 Å². The summed E-state index contributed by atoms with van der Waals surface area (Å²) in [5, 5.41) is 5.62. The van der Waals surface area contributed by atoms with Gasteiger partial charge in [0.25, 0.3) is 0 Å². The molecular formula is C30H49N3O6S. The van der Waals surface area contributed by atoms with Gasteiger partial charge in [0.2, 0.25) is 11.8 Å². The summed E-state index contributed by atoms with van der Waals surface area (Å²) in [5.41, 5.74) is 1.06. The van der Waals surface area contributed by atoms with E-state index in [0.717, 1.165) is 11.1 Å². The fraction of sp³-hybridized carbons (Fsp3) is 0.667. The van der Waals surface area contributed by atoms with E-state index in [9.17, 15) is 19.2 Å². The van der Waals surface area contributed by atoms with E-state index < -0.39 is 41.2 Å². The van der Waals surface area contributed by atoms with Crippen molar-refractivity contribution in [1.82, 2.24) is 15.5 Å². The van der Waals surface area contributed by atoms with Crippen molar-refractivity contribution in [2.75, 3.05) is 25.2 Å². The molecule has 3 amide bonds. The highest BCUT2D eigenvalue weighted by atomic mass is 32.2. The van der Waals surface area contributed by atoms with E-state index >= 15 is 0 Å². The molecule has 0 fully saturated rings. The van der Waals surface area contributed by atoms with Gasteiger partial charge in [-0.2, -0.15) is 11.8 Å². The molecule has 0 aliphatic rings. The quantitative estimate of drug-likeness (QED) is 0.296. The van der Waals surface area contributed by atoms with Crippen LogP contribution in [0.3, 0.4) is 0 Å². The number of rotatable bonds is 14. The van der Waals surface area contributed by atoms with E-state index in [-0.39, 0.29) is 25.5 Å². The molecule has 2 N–H and O–H groups in total. The van der Waals surface area contributed by atoms with Crippen LogP contribution in [0.25, 0.3) is 0 Å². The van der Waals surface area contributed by atoms with Gasteiger partial charge in [0.1, 0.15) is 17.7 Å². The maximum atomic E-state index is 14.4. The van der Waals surface area contributed by atoms with Gasteiger partial charge in [0.15, 0.2) is 0 Å². The Morgan fingerprint density at radius 3 is 2.25 bits per heavy atom. The fourth-order valence-electron chi connectivity index (χ4n) is 4.14. The second-order valence-electron chi connectivity index (χ2n) is 11.4. The first-order valence-corrected chi connectivity index (χ1v) is 15.3. The van der Waals surface area contributed by atoms with Gasteiger partial charge < -0.3 is 25.0 Å². The van der Waals surface area contributed by atoms with Crippen molar-refractivity contribution in [1.29, 1.82) is 0 Å². The van der Waals surface area contributed by atoms with Crippen molar-refractivity contribution in [3.8, 4) is 0 Å². The number of carbonyl (C=O) groups is 4. The molecule has 2 atom stereocenters. The minimum Gasteiger partial charge on any atom is -0.466 e. The predicted octanol–water partition coefficient (Wildman–Crippen LogP) is 5.08. The Labute approximate surface area is 244 Å². The summed E-state index contributed by atoms with van der Waals surface area (Å²) in [5.74, 6) is -0.578. The molecule has 9 nitrogen and oxygen atoms in total. The number of aryl methyl sites for hydroxylation is 1. The summed E-state index contributed by atoms with van der Waals surface area (Å²) in [6, 6.07) is 3.76. The van der Waals surface area contributed by atoms with Gasteiger partial charge in [-0.15, -0.1) is 0 Å². The van der Waals surface area contributed by atoms with Crippen molar-refractivity contribution < 1.29 is 28.7 Å². The molecule has 0 radical (unpaired) electrons. The van der Waals surface area contributed by atoms with Gasteiger partial charge in [-0.25, -0.2) is 4.79 Å². The lowest BCUT2D eigenvalue weighted by Crippen LogP contribution is -2.59. The Kier molecular flexibility index (Phi) is 14.0. The third-order valence-electron chi connectivity index (χ3n) is 6.74. The van der Waals surface area contributed by atoms with Crippen LogP contribution in [0, 0.1) is 13.8 Å². The molecule has 0 aromatic heterocycles. The highest BCUT2D eigenvalue weighted by Crippen LogP contribution is 2.34. The summed E-state index contributed by atoms with van der Waals surface area (Å²) in [4.78, 5) is 54.6. The standard InChI is InChI=1S/C30H49N3O6S/c1-11-30(8,9)33(27(36)23(17-19-40-10)32-28(37)39-29(5,6)7)25(22-15-13-14-20(3)21(22)4)26(35)31-18-16-24(34)38-12-2/h13-15,23,25H,11-12,16-19H2,1-10H3,(H,31,35)(H,32,37). The van der Waals surface area contributed by atoms with Crippen LogP contribution >= 0.6 is 11.8 Å². The number of nitrogens with one attached hydrogen (secondary N) is 2. The third-order valence-corrected chi connectivity index (χ3v) is 7.38. The second kappa shape index (κ2) is 15.9. The lowest BCUT2D eigenvalue weighted by Gasteiger charge is -2.45. The number of thioether (sulfide) groups is 1. The molecule has 0 saturated heterocycles. The number of esters is 1. The van der Waals surface area contributed by atoms with Crippen molar-refractivity contribution in [2.24, 2.45) is 0 Å². The molecule has 0 bridgehead atoms. The average molecular weight is 580 g/mol. The molecule has 40 heavy (non-hydrogen) atoms. The molecule has 0 aliphatic heterocycles. The molecule has 10 heteroatoms. The van der Waals surface area contributed by atoms with Gasteiger partial charge in [0, 0.05) is 12.1 Å². The maximum absolute atomic E-state index is 14.4. The largest absolute Gasteiger partial charge is 0.466 e. The van der Waals surface area contributed by atoms with E-state index in [1.807, 2.05) is 59.1 Å². The minimum atomic E-state index is -0.998. The highest BCUT2D eigenvalue weighted by molar-refractivity contribution is 7.98. The zero-order chi connectivity index (χ0) is 30.7. The number of carbonyl (C=O) groups excluding carboxylic acids is 4. The first-order valence-electron chi connectivity index (χ1n) is 13.9. The topological polar surface area (TPSA) is 114 Å². The van der Waals surface area contributed by atoms with Crippen LogP contribution in [0.4, 0.5) is 4.79 Å². The number of hydrogen-bond acceptors (Lipinski definition) is 7. The van der Waals surface area contributed by atoms with Crippen molar-refractivity contribution >= 4 is 35.6 Å². The van der Waals surface area contributed by atoms with E-state index in [1.165, 1.54) is 0 Å². The van der Waals surface area contributed by atoms with E-state index in [1.54, 1.807) is 44.4 Å². The van der Waals surface area contributed by atoms with Gasteiger partial charge in [-0.1, -0.05) is 25.1 Å². The van der Waals surface area contributed by atoms with Crippen LogP contribution in [0.15, 0.2) is 18.2 Å². The Morgan fingerprint density at radius 2 is 1.70 bits per heavy atom. The number of hydrogen-bond donors (Lipinski definition) is 2. The van der Waals surface area contributed by atoms with E-state index in [4.69, 9.17) is 9.47 Å². The number of nitrogens with zero attached hydrogens (tertiary/aromatic N) is 1. The molecule has 2 unspecified atom stereocenters. The molecule has 0 aliphatic carbocycles. The molecule has 1 aromatic rings.